The maximum absolute atomic E-state index is 12.8. The first kappa shape index (κ1) is 20.8. The van der Waals surface area contributed by atoms with Crippen LogP contribution in [0.2, 0.25) is 0 Å². The van der Waals surface area contributed by atoms with E-state index in [1.165, 1.54) is 0 Å². The molecule has 1 heterocycles. The maximum atomic E-state index is 12.8. The van der Waals surface area contributed by atoms with Gasteiger partial charge in [0.1, 0.15) is 6.61 Å². The number of carbonyl (C=O) groups excluding carboxylic acids is 1. The monoisotopic (exact) mass is 346 g/mol. The molecule has 2 rings (SSSR count). The molecule has 1 atom stereocenters. The van der Waals surface area contributed by atoms with Gasteiger partial charge in [0.2, 0.25) is 5.91 Å². The van der Waals surface area contributed by atoms with E-state index in [4.69, 9.17) is 5.11 Å². The van der Waals surface area contributed by atoms with E-state index >= 15 is 0 Å². The molecule has 6 nitrogen and oxygen atoms in total. The van der Waals surface area contributed by atoms with Crippen molar-refractivity contribution in [2.24, 2.45) is 0 Å². The van der Waals surface area contributed by atoms with Crippen LogP contribution in [-0.4, -0.2) is 46.3 Å². The largest absolute Gasteiger partial charge is 0.870 e. The molecule has 0 spiro atoms. The molecule has 0 saturated heterocycles. The molecule has 1 aromatic carbocycles. The van der Waals surface area contributed by atoms with Gasteiger partial charge in [-0.25, -0.2) is 4.57 Å². The molecule has 3 N–H and O–H groups in total. The van der Waals surface area contributed by atoms with Crippen molar-refractivity contribution in [1.29, 1.82) is 0 Å². The number of hydrogen-bond acceptors (Lipinski definition) is 4. The Morgan fingerprint density at radius 3 is 2.28 bits per heavy atom. The Balaban J connectivity index is 0.00000312. The molecule has 1 amide bonds. The summed E-state index contributed by atoms with van der Waals surface area (Å²) in [6.07, 6.45) is 3.79. The number of nitrogens with zero attached hydrogens (tertiary/aromatic N) is 2. The maximum Gasteiger partial charge on any atom is 0.232 e. The highest BCUT2D eigenvalue weighted by Gasteiger charge is 2.24. The molecule has 6 heteroatoms. The Labute approximate surface area is 148 Å². The van der Waals surface area contributed by atoms with Crippen LogP contribution in [0.3, 0.4) is 0 Å². The summed E-state index contributed by atoms with van der Waals surface area (Å²) in [5.74, 6) is -0.604. The summed E-state index contributed by atoms with van der Waals surface area (Å²) in [6.45, 7) is 3.46. The molecule has 136 valence electrons. The minimum absolute atomic E-state index is 0. The zero-order valence-electron chi connectivity index (χ0n) is 14.5. The smallest absolute Gasteiger partial charge is 0.232 e. The number of aromatic nitrogens is 1. The molecule has 0 aliphatic heterocycles. The van der Waals surface area contributed by atoms with E-state index in [2.05, 4.69) is 0 Å². The Kier molecular flexibility index (Phi) is 8.77. The third-order valence-corrected chi connectivity index (χ3v) is 4.07. The Morgan fingerprint density at radius 1 is 1.12 bits per heavy atom. The van der Waals surface area contributed by atoms with Gasteiger partial charge in [-0.2, -0.15) is 0 Å². The van der Waals surface area contributed by atoms with Crippen LogP contribution in [-0.2, 0) is 17.9 Å². The molecule has 1 aromatic heterocycles. The number of hydrogen-bond donors (Lipinski definition) is 2. The zero-order valence-corrected chi connectivity index (χ0v) is 14.5. The van der Waals surface area contributed by atoms with Gasteiger partial charge in [0.05, 0.1) is 12.5 Å². The Hall–Kier alpha value is -2.28. The molecule has 0 aliphatic carbocycles. The highest BCUT2D eigenvalue weighted by atomic mass is 16.3. The summed E-state index contributed by atoms with van der Waals surface area (Å²) in [7, 11) is 0. The quantitative estimate of drug-likeness (QED) is 0.695. The normalized spacial score (nSPS) is 11.5. The van der Waals surface area contributed by atoms with Crippen LogP contribution < -0.4 is 4.57 Å². The number of likely N-dealkylation sites (N-methyl/N-ethyl adjacent to an activating group) is 1. The Morgan fingerprint density at radius 2 is 1.76 bits per heavy atom. The first-order chi connectivity index (χ1) is 11.7. The van der Waals surface area contributed by atoms with E-state index in [9.17, 15) is 9.90 Å². The van der Waals surface area contributed by atoms with Gasteiger partial charge in [0.15, 0.2) is 18.9 Å². The summed E-state index contributed by atoms with van der Waals surface area (Å²) < 4.78 is 1.89. The SMILES string of the molecule is CCN(Cc1cc[n+](CCO)cc1)C(=O)C(CO)c1ccccc1.[OH-]. The molecular weight excluding hydrogens is 320 g/mol. The number of carbonyl (C=O) groups is 1. The number of aliphatic hydroxyl groups is 2. The highest BCUT2D eigenvalue weighted by molar-refractivity contribution is 5.83. The van der Waals surface area contributed by atoms with Crippen LogP contribution in [0.15, 0.2) is 54.9 Å². The van der Waals surface area contributed by atoms with E-state index in [1.54, 1.807) is 4.90 Å². The predicted molar refractivity (Wildman–Crippen MR) is 93.0 cm³/mol. The summed E-state index contributed by atoms with van der Waals surface area (Å²) in [4.78, 5) is 14.6. The third kappa shape index (κ3) is 5.63. The first-order valence-corrected chi connectivity index (χ1v) is 8.23. The molecule has 0 radical (unpaired) electrons. The first-order valence-electron chi connectivity index (χ1n) is 8.23. The molecule has 0 saturated carbocycles. The van der Waals surface area contributed by atoms with Gasteiger partial charge < -0.3 is 20.6 Å². The molecule has 2 aromatic rings. The minimum Gasteiger partial charge on any atom is -0.870 e. The van der Waals surface area contributed by atoms with Crippen molar-refractivity contribution in [2.75, 3.05) is 19.8 Å². The lowest BCUT2D eigenvalue weighted by Gasteiger charge is -2.25. The standard InChI is InChI=1S/C19H25N2O3.H2O/c1-2-21(14-16-8-10-20(11-9-16)12-13-22)19(24)18(15-23)17-6-4-3-5-7-17;/h3-11,18,22-23H,2,12-15H2,1H3;1H2/q+1;/p-1. The second-order valence-electron chi connectivity index (χ2n) is 5.67. The van der Waals surface area contributed by atoms with Crippen molar-refractivity contribution >= 4 is 5.91 Å². The average molecular weight is 346 g/mol. The second-order valence-corrected chi connectivity index (χ2v) is 5.67. The number of pyridine rings is 1. The molecule has 1 unspecified atom stereocenters. The van der Waals surface area contributed by atoms with Crippen molar-refractivity contribution in [2.45, 2.75) is 25.9 Å². The predicted octanol–water partition coefficient (Wildman–Crippen LogP) is 0.914. The van der Waals surface area contributed by atoms with Crippen LogP contribution in [0.1, 0.15) is 24.0 Å². The molecule has 25 heavy (non-hydrogen) atoms. The lowest BCUT2D eigenvalue weighted by Crippen LogP contribution is -2.37. The topological polar surface area (TPSA) is 94.7 Å². The summed E-state index contributed by atoms with van der Waals surface area (Å²) in [5.41, 5.74) is 1.85. The van der Waals surface area contributed by atoms with E-state index in [-0.39, 0.29) is 24.6 Å². The van der Waals surface area contributed by atoms with Gasteiger partial charge >= 0.3 is 0 Å². The van der Waals surface area contributed by atoms with Crippen molar-refractivity contribution in [3.05, 3.63) is 66.0 Å². The number of rotatable bonds is 8. The van der Waals surface area contributed by atoms with E-state index in [0.717, 1.165) is 11.1 Å². The summed E-state index contributed by atoms with van der Waals surface area (Å²) in [5, 5.41) is 18.6. The average Bonchev–Trinajstić information content (AvgIpc) is 2.62. The van der Waals surface area contributed by atoms with Crippen molar-refractivity contribution in [3.63, 3.8) is 0 Å². The Bertz CT molecular complexity index is 632. The second kappa shape index (κ2) is 10.6. The van der Waals surface area contributed by atoms with Crippen LogP contribution in [0.5, 0.6) is 0 Å². The fourth-order valence-corrected chi connectivity index (χ4v) is 2.66. The van der Waals surface area contributed by atoms with Gasteiger partial charge in [0, 0.05) is 25.2 Å². The van der Waals surface area contributed by atoms with Gasteiger partial charge in [-0.05, 0) is 18.1 Å². The van der Waals surface area contributed by atoms with Crippen LogP contribution in [0, 0.1) is 0 Å². The molecule has 0 fully saturated rings. The fourth-order valence-electron chi connectivity index (χ4n) is 2.66. The van der Waals surface area contributed by atoms with E-state index < -0.39 is 5.92 Å². The third-order valence-electron chi connectivity index (χ3n) is 4.07. The van der Waals surface area contributed by atoms with Crippen LogP contribution in [0.25, 0.3) is 0 Å². The summed E-state index contributed by atoms with van der Waals surface area (Å²) >= 11 is 0. The minimum atomic E-state index is -0.533. The molecule has 0 aliphatic rings. The highest BCUT2D eigenvalue weighted by Crippen LogP contribution is 2.19. The van der Waals surface area contributed by atoms with Gasteiger partial charge in [-0.1, -0.05) is 30.3 Å². The van der Waals surface area contributed by atoms with Crippen molar-refractivity contribution < 1.29 is 25.1 Å². The van der Waals surface area contributed by atoms with Crippen molar-refractivity contribution in [3.8, 4) is 0 Å². The lowest BCUT2D eigenvalue weighted by molar-refractivity contribution is -0.698. The van der Waals surface area contributed by atoms with Gasteiger partial charge in [-0.3, -0.25) is 4.79 Å². The lowest BCUT2D eigenvalue weighted by atomic mass is 9.98. The van der Waals surface area contributed by atoms with Crippen LogP contribution >= 0.6 is 0 Å². The number of amides is 1. The van der Waals surface area contributed by atoms with E-state index in [1.807, 2.05) is 66.3 Å². The van der Waals surface area contributed by atoms with Gasteiger partial charge in [0.25, 0.3) is 0 Å². The van der Waals surface area contributed by atoms with Gasteiger partial charge in [-0.15, -0.1) is 0 Å². The number of aliphatic hydroxyl groups excluding tert-OH is 2. The van der Waals surface area contributed by atoms with E-state index in [0.29, 0.717) is 19.6 Å². The number of benzene rings is 1. The summed E-state index contributed by atoms with van der Waals surface area (Å²) in [6, 6.07) is 13.3. The zero-order chi connectivity index (χ0) is 17.4. The fraction of sp³-hybridized carbons (Fsp3) is 0.368. The molecule has 0 bridgehead atoms. The van der Waals surface area contributed by atoms with Crippen molar-refractivity contribution in [1.82, 2.24) is 4.90 Å². The molecular formula is C19H26N2O4. The van der Waals surface area contributed by atoms with Crippen LogP contribution in [0.4, 0.5) is 0 Å².